The zero-order valence-corrected chi connectivity index (χ0v) is 10.6. The van der Waals surface area contributed by atoms with E-state index in [1.54, 1.807) is 6.08 Å². The third kappa shape index (κ3) is 4.02. The molecule has 1 rings (SSSR count). The van der Waals surface area contributed by atoms with Gasteiger partial charge in [0.2, 0.25) is 5.28 Å². The Bertz CT molecular complexity index is 360. The highest BCUT2D eigenvalue weighted by Crippen LogP contribution is 2.21. The summed E-state index contributed by atoms with van der Waals surface area (Å²) in [5.74, 6) is 0. The van der Waals surface area contributed by atoms with Crippen molar-refractivity contribution in [1.82, 2.24) is 9.97 Å². The van der Waals surface area contributed by atoms with Gasteiger partial charge in [0.15, 0.2) is 0 Å². The van der Waals surface area contributed by atoms with Gasteiger partial charge in [0.1, 0.15) is 5.15 Å². The number of hydrogen-bond acceptors (Lipinski definition) is 2. The van der Waals surface area contributed by atoms with Crippen molar-refractivity contribution in [3.63, 3.8) is 0 Å². The maximum absolute atomic E-state index is 5.86. The molecule has 0 atom stereocenters. The largest absolute Gasteiger partial charge is 0.224 e. The van der Waals surface area contributed by atoms with Crippen molar-refractivity contribution < 1.29 is 0 Å². The summed E-state index contributed by atoms with van der Waals surface area (Å²) < 4.78 is 0. The Hall–Kier alpha value is -0.860. The average molecular weight is 245 g/mol. The minimum absolute atomic E-state index is 0.133. The highest BCUT2D eigenvalue weighted by atomic mass is 35.5. The molecule has 82 valence electrons. The number of hydrogen-bond donors (Lipinski definition) is 0. The lowest BCUT2D eigenvalue weighted by Crippen LogP contribution is -1.92. The minimum atomic E-state index is 0.133. The monoisotopic (exact) mass is 244 g/mol. The zero-order valence-electron chi connectivity index (χ0n) is 9.09. The van der Waals surface area contributed by atoms with Crippen LogP contribution in [-0.4, -0.2) is 9.97 Å². The fourth-order valence-electron chi connectivity index (χ4n) is 0.908. The van der Waals surface area contributed by atoms with Crippen LogP contribution in [0.15, 0.2) is 12.7 Å². The molecule has 0 radical (unpaired) electrons. The summed E-state index contributed by atoms with van der Waals surface area (Å²) in [7, 11) is 0. The molecule has 0 aliphatic rings. The molecule has 2 nitrogen and oxygen atoms in total. The fraction of sp³-hybridized carbons (Fsp3) is 0.273. The summed E-state index contributed by atoms with van der Waals surface area (Å²) in [4.78, 5) is 7.79. The molecule has 1 aromatic heterocycles. The molecule has 4 heteroatoms. The lowest BCUT2D eigenvalue weighted by molar-refractivity contribution is 1.14. The van der Waals surface area contributed by atoms with E-state index in [2.05, 4.69) is 16.5 Å². The van der Waals surface area contributed by atoms with E-state index in [1.165, 1.54) is 0 Å². The Balaban J connectivity index is 0.000000921. The molecule has 0 amide bonds. The standard InChI is InChI=1S/C9H8Cl2N2.C2H6/c1-3-5-6-7(4-2)12-9(11)13-8(6)10;1-2/h3-5H,2H2,1H3;1-2H3/b5-3-;. The van der Waals surface area contributed by atoms with Gasteiger partial charge in [-0.1, -0.05) is 44.2 Å². The Labute approximate surface area is 101 Å². The van der Waals surface area contributed by atoms with E-state index < -0.39 is 0 Å². The van der Waals surface area contributed by atoms with Crippen LogP contribution < -0.4 is 0 Å². The van der Waals surface area contributed by atoms with Crippen LogP contribution in [0.2, 0.25) is 10.4 Å². The van der Waals surface area contributed by atoms with Gasteiger partial charge in [-0.2, -0.15) is 0 Å². The summed E-state index contributed by atoms with van der Waals surface area (Å²) in [5.41, 5.74) is 1.38. The van der Waals surface area contributed by atoms with Crippen molar-refractivity contribution in [1.29, 1.82) is 0 Å². The number of aromatic nitrogens is 2. The van der Waals surface area contributed by atoms with Crippen molar-refractivity contribution in [2.24, 2.45) is 0 Å². The molecule has 0 N–H and O–H groups in total. The normalized spacial score (nSPS) is 9.67. The molecule has 0 aliphatic heterocycles. The number of halogens is 2. The zero-order chi connectivity index (χ0) is 11.8. The Kier molecular flexibility index (Phi) is 7.01. The second-order valence-corrected chi connectivity index (χ2v) is 2.98. The summed E-state index contributed by atoms with van der Waals surface area (Å²) in [6, 6.07) is 0. The molecule has 0 unspecified atom stereocenters. The van der Waals surface area contributed by atoms with Gasteiger partial charge >= 0.3 is 0 Å². The molecule has 1 aromatic rings. The van der Waals surface area contributed by atoms with Gasteiger partial charge in [-0.25, -0.2) is 9.97 Å². The van der Waals surface area contributed by atoms with Gasteiger partial charge in [-0.05, 0) is 24.6 Å². The third-order valence-corrected chi connectivity index (χ3v) is 1.89. The Morgan fingerprint density at radius 3 is 2.27 bits per heavy atom. The summed E-state index contributed by atoms with van der Waals surface area (Å²) in [5, 5.41) is 0.473. The van der Waals surface area contributed by atoms with E-state index in [-0.39, 0.29) is 5.28 Å². The lowest BCUT2D eigenvalue weighted by atomic mass is 10.2. The summed E-state index contributed by atoms with van der Waals surface area (Å²) >= 11 is 11.5. The molecule has 0 saturated heterocycles. The van der Waals surface area contributed by atoms with Gasteiger partial charge in [0, 0.05) is 5.56 Å². The molecular formula is C11H14Cl2N2. The van der Waals surface area contributed by atoms with Gasteiger partial charge in [0.25, 0.3) is 0 Å². The van der Waals surface area contributed by atoms with E-state index in [1.807, 2.05) is 32.9 Å². The Morgan fingerprint density at radius 1 is 1.20 bits per heavy atom. The number of allylic oxidation sites excluding steroid dienone is 1. The third-order valence-electron chi connectivity index (χ3n) is 1.43. The maximum atomic E-state index is 5.86. The molecule has 0 bridgehead atoms. The first kappa shape index (κ1) is 14.1. The molecule has 15 heavy (non-hydrogen) atoms. The summed E-state index contributed by atoms with van der Waals surface area (Å²) in [6.07, 6.45) is 5.26. The van der Waals surface area contributed by atoms with Crippen LogP contribution in [0.1, 0.15) is 32.0 Å². The Morgan fingerprint density at radius 2 is 1.80 bits per heavy atom. The minimum Gasteiger partial charge on any atom is -0.218 e. The highest BCUT2D eigenvalue weighted by molar-refractivity contribution is 6.33. The van der Waals surface area contributed by atoms with E-state index in [9.17, 15) is 0 Å². The van der Waals surface area contributed by atoms with Crippen molar-refractivity contribution in [2.75, 3.05) is 0 Å². The molecule has 0 fully saturated rings. The van der Waals surface area contributed by atoms with Crippen LogP contribution in [0, 0.1) is 0 Å². The van der Waals surface area contributed by atoms with Crippen LogP contribution in [0.25, 0.3) is 12.2 Å². The van der Waals surface area contributed by atoms with Crippen molar-refractivity contribution >= 4 is 35.4 Å². The van der Waals surface area contributed by atoms with Crippen LogP contribution in [0.4, 0.5) is 0 Å². The van der Waals surface area contributed by atoms with Crippen LogP contribution in [-0.2, 0) is 0 Å². The van der Waals surface area contributed by atoms with Crippen molar-refractivity contribution in [2.45, 2.75) is 20.8 Å². The van der Waals surface area contributed by atoms with Crippen molar-refractivity contribution in [3.8, 4) is 0 Å². The maximum Gasteiger partial charge on any atom is 0.224 e. The van der Waals surface area contributed by atoms with Gasteiger partial charge < -0.3 is 0 Å². The molecule has 0 saturated carbocycles. The molecular weight excluding hydrogens is 231 g/mol. The van der Waals surface area contributed by atoms with E-state index >= 15 is 0 Å². The summed E-state index contributed by atoms with van der Waals surface area (Å²) in [6.45, 7) is 9.50. The first-order chi connectivity index (χ1) is 7.19. The first-order valence-corrected chi connectivity index (χ1v) is 5.42. The van der Waals surface area contributed by atoms with Crippen LogP contribution >= 0.6 is 23.2 Å². The van der Waals surface area contributed by atoms with E-state index in [0.29, 0.717) is 10.8 Å². The van der Waals surface area contributed by atoms with Crippen LogP contribution in [0.5, 0.6) is 0 Å². The van der Waals surface area contributed by atoms with Crippen LogP contribution in [0.3, 0.4) is 0 Å². The second kappa shape index (κ2) is 7.43. The smallest absolute Gasteiger partial charge is 0.218 e. The predicted octanol–water partition coefficient (Wildman–Crippen LogP) is 4.49. The molecule has 0 spiro atoms. The van der Waals surface area contributed by atoms with E-state index in [0.717, 1.165) is 5.56 Å². The molecule has 0 aliphatic carbocycles. The van der Waals surface area contributed by atoms with Gasteiger partial charge in [-0.15, -0.1) is 0 Å². The van der Waals surface area contributed by atoms with Crippen molar-refractivity contribution in [3.05, 3.63) is 34.3 Å². The highest BCUT2D eigenvalue weighted by Gasteiger charge is 2.06. The first-order valence-electron chi connectivity index (χ1n) is 4.67. The SMILES string of the molecule is C=Cc1nc(Cl)nc(Cl)c1/C=C\C.CC. The molecule has 1 heterocycles. The quantitative estimate of drug-likeness (QED) is 0.566. The number of rotatable bonds is 2. The lowest BCUT2D eigenvalue weighted by Gasteiger charge is -2.02. The second-order valence-electron chi connectivity index (χ2n) is 2.29. The topological polar surface area (TPSA) is 25.8 Å². The average Bonchev–Trinajstić information content (AvgIpc) is 2.24. The molecule has 0 aromatic carbocycles. The van der Waals surface area contributed by atoms with Gasteiger partial charge in [0.05, 0.1) is 5.69 Å². The van der Waals surface area contributed by atoms with Gasteiger partial charge in [-0.3, -0.25) is 0 Å². The van der Waals surface area contributed by atoms with E-state index in [4.69, 9.17) is 23.2 Å². The predicted molar refractivity (Wildman–Crippen MR) is 68.2 cm³/mol. The fourth-order valence-corrected chi connectivity index (χ4v) is 1.37. The number of nitrogens with zero attached hydrogens (tertiary/aromatic N) is 2.